The summed E-state index contributed by atoms with van der Waals surface area (Å²) in [5.41, 5.74) is 1.00. The SMILES string of the molecule is COC(=O)C1CCN(C(=O)C(Sc2ccccc2)c2ccccc2)CC1. The molecular weight excluding hydrogens is 346 g/mol. The third-order valence-electron chi connectivity index (χ3n) is 4.66. The number of piperidine rings is 1. The monoisotopic (exact) mass is 369 g/mol. The van der Waals surface area contributed by atoms with Crippen LogP contribution in [-0.4, -0.2) is 37.0 Å². The summed E-state index contributed by atoms with van der Waals surface area (Å²) in [4.78, 5) is 27.9. The normalized spacial score (nSPS) is 16.1. The molecule has 0 radical (unpaired) electrons. The predicted octanol–water partition coefficient (Wildman–Crippen LogP) is 3.93. The molecule has 2 aromatic carbocycles. The average Bonchev–Trinajstić information content (AvgIpc) is 2.72. The number of carbonyl (C=O) groups is 2. The number of carbonyl (C=O) groups excluding carboxylic acids is 2. The average molecular weight is 369 g/mol. The second-order valence-corrected chi connectivity index (χ2v) is 7.52. The molecular formula is C21H23NO3S. The van der Waals surface area contributed by atoms with Gasteiger partial charge in [0.15, 0.2) is 0 Å². The zero-order chi connectivity index (χ0) is 18.4. The van der Waals surface area contributed by atoms with Gasteiger partial charge in [0.1, 0.15) is 5.25 Å². The van der Waals surface area contributed by atoms with E-state index in [4.69, 9.17) is 4.74 Å². The molecule has 2 aromatic rings. The minimum atomic E-state index is -0.284. The van der Waals surface area contributed by atoms with Gasteiger partial charge >= 0.3 is 5.97 Å². The molecule has 3 rings (SSSR count). The molecule has 0 bridgehead atoms. The lowest BCUT2D eigenvalue weighted by molar-refractivity contribution is -0.148. The van der Waals surface area contributed by atoms with E-state index in [-0.39, 0.29) is 23.0 Å². The molecule has 0 aromatic heterocycles. The summed E-state index contributed by atoms with van der Waals surface area (Å²) in [6.45, 7) is 1.19. The summed E-state index contributed by atoms with van der Waals surface area (Å²) in [6, 6.07) is 19.9. The Labute approximate surface area is 158 Å². The fourth-order valence-electron chi connectivity index (χ4n) is 3.19. The molecule has 1 amide bonds. The zero-order valence-electron chi connectivity index (χ0n) is 14.8. The fraction of sp³-hybridized carbons (Fsp3) is 0.333. The smallest absolute Gasteiger partial charge is 0.308 e. The standard InChI is InChI=1S/C21H23NO3S/c1-25-21(24)17-12-14-22(15-13-17)20(23)19(16-8-4-2-5-9-16)26-18-10-6-3-7-11-18/h2-11,17,19H,12-15H2,1H3. The highest BCUT2D eigenvalue weighted by Crippen LogP contribution is 2.37. The van der Waals surface area contributed by atoms with Crippen LogP contribution in [0.4, 0.5) is 0 Å². The molecule has 0 spiro atoms. The number of rotatable bonds is 5. The van der Waals surface area contributed by atoms with E-state index in [1.807, 2.05) is 65.6 Å². The van der Waals surface area contributed by atoms with Crippen LogP contribution >= 0.6 is 11.8 Å². The minimum absolute atomic E-state index is 0.0963. The van der Waals surface area contributed by atoms with Crippen molar-refractivity contribution in [2.24, 2.45) is 5.92 Å². The van der Waals surface area contributed by atoms with Crippen LogP contribution in [-0.2, 0) is 14.3 Å². The number of ether oxygens (including phenoxy) is 1. The summed E-state index contributed by atoms with van der Waals surface area (Å²) in [5, 5.41) is -0.284. The number of hydrogen-bond donors (Lipinski definition) is 0. The largest absolute Gasteiger partial charge is 0.469 e. The molecule has 5 heteroatoms. The van der Waals surface area contributed by atoms with Gasteiger partial charge in [-0.05, 0) is 30.5 Å². The Hall–Kier alpha value is -2.27. The van der Waals surface area contributed by atoms with E-state index >= 15 is 0 Å². The van der Waals surface area contributed by atoms with E-state index in [0.29, 0.717) is 25.9 Å². The van der Waals surface area contributed by atoms with Crippen LogP contribution in [0.2, 0.25) is 0 Å². The van der Waals surface area contributed by atoms with Crippen molar-refractivity contribution < 1.29 is 14.3 Å². The van der Waals surface area contributed by atoms with Gasteiger partial charge in [0, 0.05) is 18.0 Å². The van der Waals surface area contributed by atoms with E-state index in [1.54, 1.807) is 11.8 Å². The lowest BCUT2D eigenvalue weighted by Crippen LogP contribution is -2.42. The summed E-state index contributed by atoms with van der Waals surface area (Å²) < 4.78 is 4.83. The van der Waals surface area contributed by atoms with E-state index in [1.165, 1.54) is 7.11 Å². The van der Waals surface area contributed by atoms with Crippen molar-refractivity contribution in [1.29, 1.82) is 0 Å². The topological polar surface area (TPSA) is 46.6 Å². The first-order valence-electron chi connectivity index (χ1n) is 8.82. The summed E-state index contributed by atoms with van der Waals surface area (Å²) in [6.07, 6.45) is 1.33. The van der Waals surface area contributed by atoms with Crippen molar-refractivity contribution in [3.05, 3.63) is 66.2 Å². The van der Waals surface area contributed by atoms with Gasteiger partial charge in [0.25, 0.3) is 0 Å². The molecule has 1 fully saturated rings. The summed E-state index contributed by atoms with van der Waals surface area (Å²) in [7, 11) is 1.42. The van der Waals surface area contributed by atoms with Crippen molar-refractivity contribution in [2.45, 2.75) is 23.0 Å². The lowest BCUT2D eigenvalue weighted by Gasteiger charge is -2.33. The van der Waals surface area contributed by atoms with Crippen molar-refractivity contribution in [1.82, 2.24) is 4.90 Å². The first-order chi connectivity index (χ1) is 12.7. The van der Waals surface area contributed by atoms with Gasteiger partial charge in [-0.3, -0.25) is 9.59 Å². The van der Waals surface area contributed by atoms with Gasteiger partial charge < -0.3 is 9.64 Å². The number of methoxy groups -OCH3 is 1. The van der Waals surface area contributed by atoms with Gasteiger partial charge in [-0.1, -0.05) is 48.5 Å². The van der Waals surface area contributed by atoms with E-state index in [0.717, 1.165) is 10.5 Å². The number of hydrogen-bond acceptors (Lipinski definition) is 4. The maximum absolute atomic E-state index is 13.2. The van der Waals surface area contributed by atoms with Crippen molar-refractivity contribution in [3.63, 3.8) is 0 Å². The zero-order valence-corrected chi connectivity index (χ0v) is 15.7. The number of esters is 1. The van der Waals surface area contributed by atoms with Gasteiger partial charge in [-0.2, -0.15) is 0 Å². The molecule has 136 valence electrons. The number of thioether (sulfide) groups is 1. The van der Waals surface area contributed by atoms with Crippen molar-refractivity contribution >= 4 is 23.6 Å². The molecule has 1 unspecified atom stereocenters. The molecule has 1 atom stereocenters. The van der Waals surface area contributed by atoms with Gasteiger partial charge in [-0.25, -0.2) is 0 Å². The second kappa shape index (κ2) is 8.90. The lowest BCUT2D eigenvalue weighted by atomic mass is 9.96. The third kappa shape index (κ3) is 4.47. The molecule has 1 saturated heterocycles. The summed E-state index contributed by atoms with van der Waals surface area (Å²) in [5.74, 6) is -0.162. The maximum atomic E-state index is 13.2. The Balaban J connectivity index is 1.74. The number of benzene rings is 2. The second-order valence-electron chi connectivity index (χ2n) is 6.34. The first-order valence-corrected chi connectivity index (χ1v) is 9.70. The van der Waals surface area contributed by atoms with Crippen LogP contribution in [0.3, 0.4) is 0 Å². The highest BCUT2D eigenvalue weighted by Gasteiger charge is 2.32. The predicted molar refractivity (Wildman–Crippen MR) is 103 cm³/mol. The molecule has 1 aliphatic rings. The number of likely N-dealkylation sites (tertiary alicyclic amines) is 1. The van der Waals surface area contributed by atoms with Crippen LogP contribution in [0, 0.1) is 5.92 Å². The number of nitrogens with zero attached hydrogens (tertiary/aromatic N) is 1. The van der Waals surface area contributed by atoms with Crippen LogP contribution < -0.4 is 0 Å². The van der Waals surface area contributed by atoms with E-state index in [2.05, 4.69) is 0 Å². The maximum Gasteiger partial charge on any atom is 0.308 e. The number of amides is 1. The van der Waals surface area contributed by atoms with Crippen LogP contribution in [0.25, 0.3) is 0 Å². The first kappa shape index (κ1) is 18.5. The van der Waals surface area contributed by atoms with Gasteiger partial charge in [-0.15, -0.1) is 11.8 Å². The molecule has 1 heterocycles. The Morgan fingerprint density at radius 3 is 2.15 bits per heavy atom. The molecule has 4 nitrogen and oxygen atoms in total. The third-order valence-corrected chi connectivity index (χ3v) is 5.92. The molecule has 0 saturated carbocycles. The van der Waals surface area contributed by atoms with Crippen LogP contribution in [0.15, 0.2) is 65.6 Å². The van der Waals surface area contributed by atoms with Crippen molar-refractivity contribution in [2.75, 3.05) is 20.2 Å². The van der Waals surface area contributed by atoms with Crippen LogP contribution in [0.1, 0.15) is 23.7 Å². The molecule has 26 heavy (non-hydrogen) atoms. The summed E-state index contributed by atoms with van der Waals surface area (Å²) >= 11 is 1.57. The Morgan fingerprint density at radius 1 is 1.00 bits per heavy atom. The highest BCUT2D eigenvalue weighted by molar-refractivity contribution is 8.00. The van der Waals surface area contributed by atoms with E-state index in [9.17, 15) is 9.59 Å². The van der Waals surface area contributed by atoms with Gasteiger partial charge in [0.2, 0.25) is 5.91 Å². The fourth-order valence-corrected chi connectivity index (χ4v) is 4.32. The Morgan fingerprint density at radius 2 is 1.58 bits per heavy atom. The Kier molecular flexibility index (Phi) is 6.34. The molecule has 0 N–H and O–H groups in total. The Bertz CT molecular complexity index is 727. The van der Waals surface area contributed by atoms with Crippen LogP contribution in [0.5, 0.6) is 0 Å². The molecule has 0 aliphatic carbocycles. The molecule has 1 aliphatic heterocycles. The quantitative estimate of drug-likeness (QED) is 0.592. The van der Waals surface area contributed by atoms with Gasteiger partial charge in [0.05, 0.1) is 13.0 Å². The van der Waals surface area contributed by atoms with E-state index < -0.39 is 0 Å². The minimum Gasteiger partial charge on any atom is -0.469 e. The highest BCUT2D eigenvalue weighted by atomic mass is 32.2. The van der Waals surface area contributed by atoms with Crippen molar-refractivity contribution in [3.8, 4) is 0 Å².